The number of nitriles is 1. The topological polar surface area (TPSA) is 113 Å². The van der Waals surface area contributed by atoms with E-state index in [0.29, 0.717) is 11.1 Å². The van der Waals surface area contributed by atoms with Crippen molar-refractivity contribution in [3.05, 3.63) is 47.0 Å². The Hall–Kier alpha value is -3.23. The van der Waals surface area contributed by atoms with Gasteiger partial charge in [-0.25, -0.2) is 18.3 Å². The van der Waals surface area contributed by atoms with Gasteiger partial charge in [0, 0.05) is 12.1 Å². The number of hydrogen-bond donors (Lipinski definition) is 2. The Labute approximate surface area is 196 Å². The zero-order chi connectivity index (χ0) is 25.0. The molecule has 1 amide bonds. The number of alkyl halides is 1. The molecule has 9 nitrogen and oxygen atoms in total. The van der Waals surface area contributed by atoms with Crippen LogP contribution in [0.2, 0.25) is 0 Å². The number of nitrogens with one attached hydrogen (secondary N) is 1. The number of carbonyl (C=O) groups excluding carboxylic acids is 1. The summed E-state index contributed by atoms with van der Waals surface area (Å²) < 4.78 is 41.5. The van der Waals surface area contributed by atoms with Crippen molar-refractivity contribution >= 4 is 6.09 Å². The monoisotopic (exact) mass is 477 g/mol. The number of amides is 1. The van der Waals surface area contributed by atoms with Crippen LogP contribution in [0.3, 0.4) is 0 Å². The van der Waals surface area contributed by atoms with Gasteiger partial charge in [0.05, 0.1) is 18.8 Å². The molecule has 1 aliphatic rings. The summed E-state index contributed by atoms with van der Waals surface area (Å²) >= 11 is 0. The van der Waals surface area contributed by atoms with Gasteiger partial charge < -0.3 is 19.5 Å². The Morgan fingerprint density at radius 3 is 2.76 bits per heavy atom. The Bertz CT molecular complexity index is 1060. The first-order chi connectivity index (χ1) is 16.0. The van der Waals surface area contributed by atoms with Crippen LogP contribution in [0.5, 0.6) is 5.75 Å². The molecule has 184 valence electrons. The highest BCUT2D eigenvalue weighted by atomic mass is 19.1. The van der Waals surface area contributed by atoms with Gasteiger partial charge in [-0.1, -0.05) is 6.07 Å². The zero-order valence-electron chi connectivity index (χ0n) is 19.6. The van der Waals surface area contributed by atoms with E-state index in [1.165, 1.54) is 35.0 Å². The number of likely N-dealkylation sites (tertiary alicyclic amines) is 1. The normalized spacial score (nSPS) is 19.4. The van der Waals surface area contributed by atoms with Crippen LogP contribution in [0.25, 0.3) is 0 Å². The van der Waals surface area contributed by atoms with Crippen LogP contribution in [0.1, 0.15) is 56.3 Å². The summed E-state index contributed by atoms with van der Waals surface area (Å²) in [5.74, 6) is -0.728. The third kappa shape index (κ3) is 5.81. The molecule has 1 aliphatic heterocycles. The quantitative estimate of drug-likeness (QED) is 0.615. The molecule has 0 aliphatic carbocycles. The van der Waals surface area contributed by atoms with Crippen molar-refractivity contribution in [2.24, 2.45) is 0 Å². The lowest BCUT2D eigenvalue weighted by atomic mass is 10.0. The van der Waals surface area contributed by atoms with Crippen LogP contribution in [0.15, 0.2) is 24.4 Å². The average molecular weight is 478 g/mol. The minimum Gasteiger partial charge on any atom is -0.486 e. The molecule has 1 aromatic carbocycles. The first-order valence-corrected chi connectivity index (χ1v) is 10.9. The molecule has 3 atom stereocenters. The second-order valence-electron chi connectivity index (χ2n) is 9.04. The van der Waals surface area contributed by atoms with Gasteiger partial charge in [0.15, 0.2) is 11.6 Å². The van der Waals surface area contributed by atoms with Gasteiger partial charge >= 0.3 is 6.09 Å². The highest BCUT2D eigenvalue weighted by molar-refractivity contribution is 5.68. The molecule has 2 heterocycles. The molecule has 1 saturated heterocycles. The number of piperidine rings is 1. The van der Waals surface area contributed by atoms with E-state index >= 15 is 4.39 Å². The number of rotatable bonds is 6. The molecule has 0 spiro atoms. The Morgan fingerprint density at radius 1 is 1.44 bits per heavy atom. The maximum Gasteiger partial charge on any atom is 0.410 e. The fourth-order valence-electron chi connectivity index (χ4n) is 3.66. The summed E-state index contributed by atoms with van der Waals surface area (Å²) in [5, 5.41) is 26.2. The molecule has 3 unspecified atom stereocenters. The van der Waals surface area contributed by atoms with E-state index in [1.807, 2.05) is 6.07 Å². The van der Waals surface area contributed by atoms with E-state index in [0.717, 1.165) is 6.07 Å². The van der Waals surface area contributed by atoms with Gasteiger partial charge in [-0.2, -0.15) is 10.4 Å². The van der Waals surface area contributed by atoms with E-state index in [4.69, 9.17) is 9.47 Å². The molecule has 0 bridgehead atoms. The first-order valence-electron chi connectivity index (χ1n) is 10.9. The molecule has 34 heavy (non-hydrogen) atoms. The van der Waals surface area contributed by atoms with Crippen LogP contribution in [-0.2, 0) is 11.3 Å². The van der Waals surface area contributed by atoms with Gasteiger partial charge in [-0.15, -0.1) is 0 Å². The predicted molar refractivity (Wildman–Crippen MR) is 118 cm³/mol. The minimum atomic E-state index is -1.45. The number of ether oxygens (including phenoxy) is 2. The Balaban J connectivity index is 1.68. The lowest BCUT2D eigenvalue weighted by Crippen LogP contribution is -2.47. The van der Waals surface area contributed by atoms with Crippen LogP contribution < -0.4 is 10.1 Å². The summed E-state index contributed by atoms with van der Waals surface area (Å²) in [4.78, 5) is 13.6. The molecule has 1 fully saturated rings. The standard InChI is InChI=1S/C23H29F2N5O4/c1-23(2,3)34-22(32)29-8-7-18(17(25)12-29)30-19(10-26)15(11-28-30)13-33-20-6-5-14(9-16(20)24)21(31)27-4/h5-6,9,11,17-18,21,27,31H,7-8,12-13H2,1-4H3. The predicted octanol–water partition coefficient (Wildman–Crippen LogP) is 3.20. The molecule has 2 N–H and O–H groups in total. The number of aliphatic hydroxyl groups excluding tert-OH is 1. The van der Waals surface area contributed by atoms with Crippen LogP contribution in [0, 0.1) is 17.1 Å². The molecule has 3 rings (SSSR count). The number of aromatic nitrogens is 2. The maximum absolute atomic E-state index is 15.0. The van der Waals surface area contributed by atoms with Crippen molar-refractivity contribution < 1.29 is 28.2 Å². The second-order valence-corrected chi connectivity index (χ2v) is 9.04. The summed E-state index contributed by atoms with van der Waals surface area (Å²) in [6.07, 6.45) is -1.41. The third-order valence-electron chi connectivity index (χ3n) is 5.38. The largest absolute Gasteiger partial charge is 0.486 e. The number of halogens is 2. The number of aliphatic hydroxyl groups is 1. The molecular formula is C23H29F2N5O4. The Kier molecular flexibility index (Phi) is 7.74. The second kappa shape index (κ2) is 10.4. The van der Waals surface area contributed by atoms with E-state index < -0.39 is 36.0 Å². The van der Waals surface area contributed by atoms with E-state index in [-0.39, 0.29) is 37.6 Å². The lowest BCUT2D eigenvalue weighted by Gasteiger charge is -2.35. The average Bonchev–Trinajstić information content (AvgIpc) is 3.18. The van der Waals surface area contributed by atoms with E-state index in [2.05, 4.69) is 10.4 Å². The first kappa shape index (κ1) is 25.4. The number of nitrogens with zero attached hydrogens (tertiary/aromatic N) is 4. The van der Waals surface area contributed by atoms with Crippen molar-refractivity contribution in [2.75, 3.05) is 20.1 Å². The summed E-state index contributed by atoms with van der Waals surface area (Å²) in [7, 11) is 1.54. The molecule has 0 radical (unpaired) electrons. The number of benzene rings is 1. The maximum atomic E-state index is 15.0. The van der Waals surface area contributed by atoms with Crippen molar-refractivity contribution in [3.8, 4) is 11.8 Å². The SMILES string of the molecule is CNC(O)c1ccc(OCc2cnn(C3CCN(C(=O)OC(C)(C)C)CC3F)c2C#N)c(F)c1. The fourth-order valence-corrected chi connectivity index (χ4v) is 3.66. The highest BCUT2D eigenvalue weighted by Gasteiger charge is 2.36. The fraction of sp³-hybridized carbons (Fsp3) is 0.522. The smallest absolute Gasteiger partial charge is 0.410 e. The lowest BCUT2D eigenvalue weighted by molar-refractivity contribution is 0.00568. The van der Waals surface area contributed by atoms with E-state index in [1.54, 1.807) is 20.8 Å². The third-order valence-corrected chi connectivity index (χ3v) is 5.38. The minimum absolute atomic E-state index is 0.0577. The number of hydrogen-bond acceptors (Lipinski definition) is 7. The van der Waals surface area contributed by atoms with Crippen molar-refractivity contribution in [1.82, 2.24) is 20.0 Å². The molecule has 1 aromatic heterocycles. The molecule has 2 aromatic rings. The Morgan fingerprint density at radius 2 is 2.18 bits per heavy atom. The molecule has 0 saturated carbocycles. The van der Waals surface area contributed by atoms with Gasteiger partial charge in [0.2, 0.25) is 0 Å². The van der Waals surface area contributed by atoms with Gasteiger partial charge in [0.1, 0.15) is 36.4 Å². The van der Waals surface area contributed by atoms with Crippen molar-refractivity contribution in [2.45, 2.75) is 57.8 Å². The van der Waals surface area contributed by atoms with Crippen LogP contribution in [0.4, 0.5) is 13.6 Å². The molecule has 11 heteroatoms. The van der Waals surface area contributed by atoms with Gasteiger partial charge in [-0.05, 0) is 51.9 Å². The van der Waals surface area contributed by atoms with Crippen LogP contribution in [-0.4, -0.2) is 57.8 Å². The van der Waals surface area contributed by atoms with E-state index in [9.17, 15) is 19.6 Å². The van der Waals surface area contributed by atoms with Crippen molar-refractivity contribution in [3.63, 3.8) is 0 Å². The van der Waals surface area contributed by atoms with Crippen LogP contribution >= 0.6 is 0 Å². The van der Waals surface area contributed by atoms with Gasteiger partial charge in [0.25, 0.3) is 0 Å². The summed E-state index contributed by atoms with van der Waals surface area (Å²) in [6, 6.07) is 5.33. The summed E-state index contributed by atoms with van der Waals surface area (Å²) in [5.41, 5.74) is 0.144. The molecular weight excluding hydrogens is 448 g/mol. The zero-order valence-corrected chi connectivity index (χ0v) is 19.6. The van der Waals surface area contributed by atoms with Crippen molar-refractivity contribution in [1.29, 1.82) is 5.26 Å². The highest BCUT2D eigenvalue weighted by Crippen LogP contribution is 2.29. The number of carbonyl (C=O) groups is 1. The van der Waals surface area contributed by atoms with Gasteiger partial charge in [-0.3, -0.25) is 5.32 Å². The summed E-state index contributed by atoms with van der Waals surface area (Å²) in [6.45, 7) is 5.15.